The molecule has 0 amide bonds. The summed E-state index contributed by atoms with van der Waals surface area (Å²) in [7, 11) is 0. The molecule has 0 aliphatic carbocycles. The van der Waals surface area contributed by atoms with Crippen LogP contribution >= 0.6 is 0 Å². The Bertz CT molecular complexity index is 251. The molecule has 1 atom stereocenters. The molecule has 13 heavy (non-hydrogen) atoms. The highest BCUT2D eigenvalue weighted by Gasteiger charge is 2.25. The number of nitrogens with zero attached hydrogens (tertiary/aromatic N) is 2. The zero-order valence-electron chi connectivity index (χ0n) is 8.49. The summed E-state index contributed by atoms with van der Waals surface area (Å²) in [6.07, 6.45) is 3.33. The van der Waals surface area contributed by atoms with E-state index in [2.05, 4.69) is 30.7 Å². The quantitative estimate of drug-likeness (QED) is 0.749. The molecular formula is C10H17N3. The molecule has 1 aromatic heterocycles. The topological polar surface area (TPSA) is 51.8 Å². The Hall–Kier alpha value is -0.960. The predicted octanol–water partition coefficient (Wildman–Crippen LogP) is 1.56. The van der Waals surface area contributed by atoms with Gasteiger partial charge in [-0.05, 0) is 11.5 Å². The van der Waals surface area contributed by atoms with Gasteiger partial charge in [0.2, 0.25) is 0 Å². The van der Waals surface area contributed by atoms with Crippen LogP contribution in [0.25, 0.3) is 0 Å². The van der Waals surface area contributed by atoms with Crippen molar-refractivity contribution in [3.63, 3.8) is 0 Å². The SMILES string of the molecule is CC(C)(C)C(CN)c1ccncn1. The summed E-state index contributed by atoms with van der Waals surface area (Å²) in [5.41, 5.74) is 6.92. The van der Waals surface area contributed by atoms with E-state index in [1.807, 2.05) is 6.07 Å². The van der Waals surface area contributed by atoms with E-state index in [0.29, 0.717) is 12.5 Å². The summed E-state index contributed by atoms with van der Waals surface area (Å²) in [5, 5.41) is 0. The summed E-state index contributed by atoms with van der Waals surface area (Å²) in [6.45, 7) is 7.15. The maximum atomic E-state index is 5.73. The lowest BCUT2D eigenvalue weighted by Crippen LogP contribution is -2.26. The highest BCUT2D eigenvalue weighted by atomic mass is 14.8. The molecule has 0 bridgehead atoms. The first kappa shape index (κ1) is 10.1. The zero-order valence-corrected chi connectivity index (χ0v) is 8.49. The smallest absolute Gasteiger partial charge is 0.115 e. The van der Waals surface area contributed by atoms with Crippen LogP contribution in [-0.2, 0) is 0 Å². The highest BCUT2D eigenvalue weighted by molar-refractivity contribution is 5.09. The lowest BCUT2D eigenvalue weighted by atomic mass is 9.79. The Kier molecular flexibility index (Phi) is 2.98. The predicted molar refractivity (Wildman–Crippen MR) is 53.3 cm³/mol. The lowest BCUT2D eigenvalue weighted by molar-refractivity contribution is 0.320. The van der Waals surface area contributed by atoms with Crippen molar-refractivity contribution in [2.24, 2.45) is 11.1 Å². The number of rotatable bonds is 2. The molecule has 0 aliphatic heterocycles. The fourth-order valence-electron chi connectivity index (χ4n) is 1.42. The van der Waals surface area contributed by atoms with E-state index < -0.39 is 0 Å². The van der Waals surface area contributed by atoms with Gasteiger partial charge >= 0.3 is 0 Å². The molecule has 0 radical (unpaired) electrons. The minimum atomic E-state index is 0.156. The van der Waals surface area contributed by atoms with Gasteiger partial charge in [-0.15, -0.1) is 0 Å². The van der Waals surface area contributed by atoms with Crippen LogP contribution in [0.5, 0.6) is 0 Å². The van der Waals surface area contributed by atoms with Crippen molar-refractivity contribution in [2.75, 3.05) is 6.54 Å². The minimum absolute atomic E-state index is 0.156. The molecule has 0 spiro atoms. The van der Waals surface area contributed by atoms with Crippen LogP contribution in [0.15, 0.2) is 18.6 Å². The molecular weight excluding hydrogens is 162 g/mol. The Balaban J connectivity index is 2.92. The molecule has 72 valence electrons. The van der Waals surface area contributed by atoms with Gasteiger partial charge < -0.3 is 5.73 Å². The van der Waals surface area contributed by atoms with E-state index >= 15 is 0 Å². The largest absolute Gasteiger partial charge is 0.330 e. The molecule has 1 aromatic rings. The maximum absolute atomic E-state index is 5.73. The summed E-state index contributed by atoms with van der Waals surface area (Å²) in [5.74, 6) is 0.301. The third kappa shape index (κ3) is 2.49. The van der Waals surface area contributed by atoms with Gasteiger partial charge in [-0.25, -0.2) is 9.97 Å². The second-order valence-corrected chi connectivity index (χ2v) is 4.29. The van der Waals surface area contributed by atoms with Crippen LogP contribution in [0.2, 0.25) is 0 Å². The summed E-state index contributed by atoms with van der Waals surface area (Å²) >= 11 is 0. The van der Waals surface area contributed by atoms with Gasteiger partial charge in [0.25, 0.3) is 0 Å². The van der Waals surface area contributed by atoms with E-state index in [-0.39, 0.29) is 5.41 Å². The van der Waals surface area contributed by atoms with Gasteiger partial charge in [-0.2, -0.15) is 0 Å². The van der Waals surface area contributed by atoms with E-state index in [9.17, 15) is 0 Å². The van der Waals surface area contributed by atoms with Crippen LogP contribution in [0.3, 0.4) is 0 Å². The van der Waals surface area contributed by atoms with Crippen molar-refractivity contribution < 1.29 is 0 Å². The van der Waals surface area contributed by atoms with Crippen molar-refractivity contribution in [2.45, 2.75) is 26.7 Å². The maximum Gasteiger partial charge on any atom is 0.115 e. The minimum Gasteiger partial charge on any atom is -0.330 e. The second kappa shape index (κ2) is 3.83. The zero-order chi connectivity index (χ0) is 9.90. The average Bonchev–Trinajstić information content (AvgIpc) is 2.05. The Morgan fingerprint density at radius 3 is 2.54 bits per heavy atom. The van der Waals surface area contributed by atoms with E-state index in [1.54, 1.807) is 12.5 Å². The normalized spacial score (nSPS) is 14.2. The number of aromatic nitrogens is 2. The van der Waals surface area contributed by atoms with Gasteiger partial charge in [0, 0.05) is 24.4 Å². The lowest BCUT2D eigenvalue weighted by Gasteiger charge is -2.28. The Labute approximate surface area is 79.4 Å². The molecule has 3 heteroatoms. The third-order valence-electron chi connectivity index (χ3n) is 2.24. The molecule has 1 rings (SSSR count). The van der Waals surface area contributed by atoms with E-state index in [1.165, 1.54) is 0 Å². The molecule has 0 aliphatic rings. The first-order chi connectivity index (χ1) is 6.05. The van der Waals surface area contributed by atoms with Gasteiger partial charge in [0.15, 0.2) is 0 Å². The van der Waals surface area contributed by atoms with Crippen LogP contribution in [0, 0.1) is 5.41 Å². The monoisotopic (exact) mass is 179 g/mol. The van der Waals surface area contributed by atoms with Gasteiger partial charge in [0.1, 0.15) is 6.33 Å². The summed E-state index contributed by atoms with van der Waals surface area (Å²) in [4.78, 5) is 8.12. The van der Waals surface area contributed by atoms with E-state index in [0.717, 1.165) is 5.69 Å². The molecule has 1 unspecified atom stereocenters. The fourth-order valence-corrected chi connectivity index (χ4v) is 1.42. The van der Waals surface area contributed by atoms with Crippen LogP contribution in [0.1, 0.15) is 32.4 Å². The third-order valence-corrected chi connectivity index (χ3v) is 2.24. The molecule has 3 nitrogen and oxygen atoms in total. The van der Waals surface area contributed by atoms with Crippen molar-refractivity contribution in [1.82, 2.24) is 9.97 Å². The number of hydrogen-bond acceptors (Lipinski definition) is 3. The summed E-state index contributed by atoms with van der Waals surface area (Å²) < 4.78 is 0. The Morgan fingerprint density at radius 2 is 2.15 bits per heavy atom. The van der Waals surface area contributed by atoms with Crippen LogP contribution in [0.4, 0.5) is 0 Å². The average molecular weight is 179 g/mol. The first-order valence-electron chi connectivity index (χ1n) is 4.51. The highest BCUT2D eigenvalue weighted by Crippen LogP contribution is 2.32. The van der Waals surface area contributed by atoms with Crippen LogP contribution in [-0.4, -0.2) is 16.5 Å². The Morgan fingerprint density at radius 1 is 1.46 bits per heavy atom. The van der Waals surface area contributed by atoms with Crippen molar-refractivity contribution in [1.29, 1.82) is 0 Å². The van der Waals surface area contributed by atoms with Gasteiger partial charge in [0.05, 0.1) is 0 Å². The summed E-state index contributed by atoms with van der Waals surface area (Å²) in [6, 6.07) is 1.93. The molecule has 1 heterocycles. The molecule has 0 saturated heterocycles. The van der Waals surface area contributed by atoms with Crippen molar-refractivity contribution in [3.05, 3.63) is 24.3 Å². The van der Waals surface area contributed by atoms with Crippen LogP contribution < -0.4 is 5.73 Å². The van der Waals surface area contributed by atoms with Crippen molar-refractivity contribution in [3.8, 4) is 0 Å². The van der Waals surface area contributed by atoms with Gasteiger partial charge in [-0.1, -0.05) is 20.8 Å². The number of hydrogen-bond donors (Lipinski definition) is 1. The fraction of sp³-hybridized carbons (Fsp3) is 0.600. The standard InChI is InChI=1S/C10H17N3/c1-10(2,3)8(6-11)9-4-5-12-7-13-9/h4-5,7-8H,6,11H2,1-3H3. The molecule has 0 fully saturated rings. The first-order valence-corrected chi connectivity index (χ1v) is 4.51. The second-order valence-electron chi connectivity index (χ2n) is 4.29. The van der Waals surface area contributed by atoms with Crippen molar-refractivity contribution >= 4 is 0 Å². The number of nitrogens with two attached hydrogens (primary N) is 1. The molecule has 0 saturated carbocycles. The van der Waals surface area contributed by atoms with Gasteiger partial charge in [-0.3, -0.25) is 0 Å². The molecule has 2 N–H and O–H groups in total. The van der Waals surface area contributed by atoms with E-state index in [4.69, 9.17) is 5.73 Å². The molecule has 0 aromatic carbocycles.